The molecular weight excluding hydrogens is 449 g/mol. The number of fused-ring (bicyclic) bond motifs is 3. The van der Waals surface area contributed by atoms with Crippen molar-refractivity contribution in [1.29, 1.82) is 5.26 Å². The number of aromatic nitrogens is 2. The van der Waals surface area contributed by atoms with Gasteiger partial charge in [-0.25, -0.2) is 9.37 Å². The van der Waals surface area contributed by atoms with E-state index in [-0.39, 0.29) is 11.7 Å². The molecule has 1 aliphatic heterocycles. The summed E-state index contributed by atoms with van der Waals surface area (Å²) in [5, 5.41) is 10.7. The molecule has 34 heavy (non-hydrogen) atoms. The minimum atomic E-state index is -0.349. The van der Waals surface area contributed by atoms with Crippen molar-refractivity contribution in [3.8, 4) is 11.8 Å². The maximum absolute atomic E-state index is 14.0. The standard InChI is InChI=1S/C28H21ClFN3O/c1-16-25(33-9-8-20(29)12-27(33)32-16)11-17-2-6-22-19(10-17)15-34-26-13-21(30)5-7-23(26)28(22)24(14-31)18-3-4-18/h2,5-10,12-13,18H,3-4,11,15H2,1H3. The average Bonchev–Trinajstić information content (AvgIpc) is 3.62. The van der Waals surface area contributed by atoms with Crippen LogP contribution in [-0.4, -0.2) is 9.38 Å². The fourth-order valence-corrected chi connectivity index (χ4v) is 5.01. The number of imidazole rings is 1. The third-order valence-electron chi connectivity index (χ3n) is 6.67. The maximum atomic E-state index is 14.0. The van der Waals surface area contributed by atoms with Gasteiger partial charge in [0, 0.05) is 52.2 Å². The van der Waals surface area contributed by atoms with Crippen LogP contribution in [0.1, 0.15) is 46.5 Å². The van der Waals surface area contributed by atoms with Gasteiger partial charge < -0.3 is 9.14 Å². The number of hydrogen-bond acceptors (Lipinski definition) is 3. The number of allylic oxidation sites excluding steroid dienone is 1. The highest BCUT2D eigenvalue weighted by molar-refractivity contribution is 6.30. The zero-order valence-corrected chi connectivity index (χ0v) is 19.4. The van der Waals surface area contributed by atoms with E-state index in [9.17, 15) is 9.65 Å². The molecule has 0 spiro atoms. The first-order chi connectivity index (χ1) is 16.5. The number of pyridine rings is 1. The normalized spacial score (nSPS) is 16.3. The van der Waals surface area contributed by atoms with E-state index in [0.29, 0.717) is 23.8 Å². The summed E-state index contributed by atoms with van der Waals surface area (Å²) in [6.07, 6.45) is 4.65. The number of hydrogen-bond donors (Lipinski definition) is 0. The third-order valence-corrected chi connectivity index (χ3v) is 6.90. The van der Waals surface area contributed by atoms with Crippen LogP contribution in [0, 0.1) is 30.0 Å². The largest absolute Gasteiger partial charge is 0.488 e. The Bertz CT molecular complexity index is 1540. The lowest BCUT2D eigenvalue weighted by molar-refractivity contribution is 0.305. The van der Waals surface area contributed by atoms with Crippen molar-refractivity contribution in [2.24, 2.45) is 5.92 Å². The van der Waals surface area contributed by atoms with Gasteiger partial charge in [-0.3, -0.25) is 0 Å². The van der Waals surface area contributed by atoms with Gasteiger partial charge in [-0.05, 0) is 60.6 Å². The van der Waals surface area contributed by atoms with Gasteiger partial charge in [-0.15, -0.1) is 0 Å². The van der Waals surface area contributed by atoms with Crippen LogP contribution in [-0.2, 0) is 13.0 Å². The van der Waals surface area contributed by atoms with Crippen molar-refractivity contribution in [2.75, 3.05) is 0 Å². The van der Waals surface area contributed by atoms with Crippen LogP contribution in [0.25, 0.3) is 11.2 Å². The quantitative estimate of drug-likeness (QED) is 0.315. The zero-order valence-electron chi connectivity index (χ0n) is 18.6. The van der Waals surface area contributed by atoms with Crippen molar-refractivity contribution in [1.82, 2.24) is 9.38 Å². The molecule has 0 radical (unpaired) electrons. The molecule has 1 saturated carbocycles. The Hall–Kier alpha value is -3.62. The van der Waals surface area contributed by atoms with Crippen molar-refractivity contribution in [3.63, 3.8) is 0 Å². The van der Waals surface area contributed by atoms with Crippen molar-refractivity contribution in [3.05, 3.63) is 105 Å². The van der Waals surface area contributed by atoms with Gasteiger partial charge in [0.2, 0.25) is 0 Å². The smallest absolute Gasteiger partial charge is 0.138 e. The molecule has 6 heteroatoms. The number of nitrogens with zero attached hydrogens (tertiary/aromatic N) is 3. The summed E-state index contributed by atoms with van der Waals surface area (Å²) >= 11 is 6.14. The lowest BCUT2D eigenvalue weighted by Crippen LogP contribution is -2.01. The Morgan fingerprint density at radius 3 is 2.79 bits per heavy atom. The third kappa shape index (κ3) is 3.55. The van der Waals surface area contributed by atoms with Crippen LogP contribution < -0.4 is 4.74 Å². The van der Waals surface area contributed by atoms with Crippen molar-refractivity contribution < 1.29 is 9.13 Å². The Kier molecular flexibility index (Phi) is 4.93. The van der Waals surface area contributed by atoms with Gasteiger partial charge >= 0.3 is 0 Å². The summed E-state index contributed by atoms with van der Waals surface area (Å²) in [6, 6.07) is 17.1. The molecule has 6 rings (SSSR count). The molecule has 0 atom stereocenters. The van der Waals surface area contributed by atoms with Crippen LogP contribution in [0.3, 0.4) is 0 Å². The summed E-state index contributed by atoms with van der Waals surface area (Å²) in [5.74, 6) is 0.393. The summed E-state index contributed by atoms with van der Waals surface area (Å²) in [6.45, 7) is 2.32. The Morgan fingerprint density at radius 1 is 1.18 bits per heavy atom. The molecule has 0 unspecified atom stereocenters. The molecule has 1 aliphatic carbocycles. The predicted molar refractivity (Wildman–Crippen MR) is 129 cm³/mol. The lowest BCUT2D eigenvalue weighted by atomic mass is 9.88. The number of rotatable bonds is 3. The van der Waals surface area contributed by atoms with Crippen LogP contribution >= 0.6 is 11.6 Å². The number of aryl methyl sites for hydroxylation is 1. The summed E-state index contributed by atoms with van der Waals surface area (Å²) in [5.41, 5.74) is 8.39. The minimum absolute atomic E-state index is 0.260. The molecular formula is C28H21ClFN3O. The van der Waals surface area contributed by atoms with Crippen LogP contribution in [0.2, 0.25) is 5.02 Å². The van der Waals surface area contributed by atoms with E-state index in [1.165, 1.54) is 12.1 Å². The topological polar surface area (TPSA) is 50.3 Å². The second-order valence-electron chi connectivity index (χ2n) is 8.99. The Balaban J connectivity index is 1.46. The first-order valence-corrected chi connectivity index (χ1v) is 11.7. The highest BCUT2D eigenvalue weighted by Crippen LogP contribution is 2.46. The minimum Gasteiger partial charge on any atom is -0.488 e. The predicted octanol–water partition coefficient (Wildman–Crippen LogP) is 6.65. The van der Waals surface area contributed by atoms with E-state index in [1.807, 2.05) is 25.3 Å². The molecule has 0 amide bonds. The van der Waals surface area contributed by atoms with Crippen LogP contribution in [0.4, 0.5) is 4.39 Å². The van der Waals surface area contributed by atoms with Gasteiger partial charge in [-0.2, -0.15) is 5.26 Å². The number of nitriles is 1. The number of halogens is 2. The van der Waals surface area contributed by atoms with Crippen molar-refractivity contribution >= 4 is 22.8 Å². The number of ether oxygens (including phenoxy) is 1. The highest BCUT2D eigenvalue weighted by atomic mass is 35.5. The second kappa shape index (κ2) is 8.00. The molecule has 168 valence electrons. The first kappa shape index (κ1) is 20.9. The van der Waals surface area contributed by atoms with Gasteiger partial charge in [0.25, 0.3) is 0 Å². The van der Waals surface area contributed by atoms with E-state index in [2.05, 4.69) is 33.7 Å². The molecule has 2 aromatic carbocycles. The van der Waals surface area contributed by atoms with E-state index in [1.54, 1.807) is 6.07 Å². The highest BCUT2D eigenvalue weighted by Gasteiger charge is 2.32. The van der Waals surface area contributed by atoms with Crippen molar-refractivity contribution in [2.45, 2.75) is 32.8 Å². The Morgan fingerprint density at radius 2 is 2.00 bits per heavy atom. The molecule has 0 bridgehead atoms. The molecule has 4 nitrogen and oxygen atoms in total. The molecule has 0 N–H and O–H groups in total. The molecule has 4 aromatic rings. The zero-order chi connectivity index (χ0) is 23.4. The van der Waals surface area contributed by atoms with E-state index < -0.39 is 0 Å². The molecule has 2 aliphatic rings. The van der Waals surface area contributed by atoms with Gasteiger partial charge in [0.1, 0.15) is 23.8 Å². The number of benzene rings is 2. The molecule has 3 heterocycles. The monoisotopic (exact) mass is 469 g/mol. The van der Waals surface area contributed by atoms with Gasteiger partial charge in [-0.1, -0.05) is 29.8 Å². The SMILES string of the molecule is Cc1nc2cc(Cl)ccn2c1Cc1ccc2c(c1)COc1cc(F)ccc1C2=C(C#N)C1CC1. The second-order valence-corrected chi connectivity index (χ2v) is 9.43. The first-order valence-electron chi connectivity index (χ1n) is 11.3. The molecule has 2 aromatic heterocycles. The fourth-order valence-electron chi connectivity index (χ4n) is 4.85. The fraction of sp³-hybridized carbons (Fsp3) is 0.214. The lowest BCUT2D eigenvalue weighted by Gasteiger charge is -2.14. The van der Waals surface area contributed by atoms with Crippen LogP contribution in [0.5, 0.6) is 5.75 Å². The molecule has 1 fully saturated rings. The van der Waals surface area contributed by atoms with Crippen LogP contribution in [0.15, 0.2) is 60.3 Å². The summed E-state index contributed by atoms with van der Waals surface area (Å²) in [4.78, 5) is 4.66. The maximum Gasteiger partial charge on any atom is 0.138 e. The Labute approximate surface area is 201 Å². The average molecular weight is 470 g/mol. The van der Waals surface area contributed by atoms with E-state index in [0.717, 1.165) is 63.3 Å². The van der Waals surface area contributed by atoms with E-state index >= 15 is 0 Å². The summed E-state index contributed by atoms with van der Waals surface area (Å²) < 4.78 is 22.2. The van der Waals surface area contributed by atoms with E-state index in [4.69, 9.17) is 16.3 Å². The molecule has 0 saturated heterocycles. The van der Waals surface area contributed by atoms with Gasteiger partial charge in [0.15, 0.2) is 0 Å². The van der Waals surface area contributed by atoms with Gasteiger partial charge in [0.05, 0.1) is 11.8 Å². The summed E-state index contributed by atoms with van der Waals surface area (Å²) in [7, 11) is 0.